The van der Waals surface area contributed by atoms with Crippen molar-refractivity contribution in [3.8, 4) is 0 Å². The molecule has 0 fully saturated rings. The quantitative estimate of drug-likeness (QED) is 0.707. The van der Waals surface area contributed by atoms with Crippen LogP contribution in [0, 0.1) is 0 Å². The molecule has 1 aliphatic rings. The van der Waals surface area contributed by atoms with Crippen LogP contribution in [-0.4, -0.2) is 18.3 Å². The van der Waals surface area contributed by atoms with Gasteiger partial charge >= 0.3 is 0 Å². The van der Waals surface area contributed by atoms with Gasteiger partial charge in [-0.1, -0.05) is 6.07 Å². The van der Waals surface area contributed by atoms with E-state index >= 15 is 0 Å². The molecule has 14 heavy (non-hydrogen) atoms. The SMILES string of the molecule is CN1CC(C)(C)Sc2cccc(Br)c21. The number of halogens is 1. The predicted octanol–water partition coefficient (Wildman–Crippen LogP) is 3.77. The molecule has 1 heterocycles. The van der Waals surface area contributed by atoms with Crippen LogP contribution < -0.4 is 4.90 Å². The lowest BCUT2D eigenvalue weighted by molar-refractivity contribution is 0.675. The Bertz CT molecular complexity index is 362. The lowest BCUT2D eigenvalue weighted by Crippen LogP contribution is -2.37. The van der Waals surface area contributed by atoms with E-state index in [1.165, 1.54) is 15.1 Å². The van der Waals surface area contributed by atoms with Crippen molar-refractivity contribution in [1.82, 2.24) is 0 Å². The van der Waals surface area contributed by atoms with E-state index in [1.54, 1.807) is 0 Å². The van der Waals surface area contributed by atoms with Crippen LogP contribution in [0.3, 0.4) is 0 Å². The van der Waals surface area contributed by atoms with Gasteiger partial charge in [-0.2, -0.15) is 0 Å². The summed E-state index contributed by atoms with van der Waals surface area (Å²) in [4.78, 5) is 3.70. The largest absolute Gasteiger partial charge is 0.371 e. The predicted molar refractivity (Wildman–Crippen MR) is 67.3 cm³/mol. The average molecular weight is 272 g/mol. The Labute approximate surface area is 98.0 Å². The summed E-state index contributed by atoms with van der Waals surface area (Å²) >= 11 is 5.57. The average Bonchev–Trinajstić information content (AvgIpc) is 2.00. The monoisotopic (exact) mass is 271 g/mol. The summed E-state index contributed by atoms with van der Waals surface area (Å²) in [6, 6.07) is 6.40. The van der Waals surface area contributed by atoms with Crippen molar-refractivity contribution < 1.29 is 0 Å². The van der Waals surface area contributed by atoms with Gasteiger partial charge in [0.25, 0.3) is 0 Å². The van der Waals surface area contributed by atoms with Crippen molar-refractivity contribution in [2.75, 3.05) is 18.5 Å². The first-order chi connectivity index (χ1) is 6.49. The van der Waals surface area contributed by atoms with Gasteiger partial charge in [-0.15, -0.1) is 11.8 Å². The highest BCUT2D eigenvalue weighted by Gasteiger charge is 2.30. The van der Waals surface area contributed by atoms with Gasteiger partial charge in [0.05, 0.1) is 5.69 Å². The zero-order chi connectivity index (χ0) is 10.3. The maximum Gasteiger partial charge on any atom is 0.0646 e. The van der Waals surface area contributed by atoms with Crippen LogP contribution in [0.25, 0.3) is 0 Å². The van der Waals surface area contributed by atoms with Crippen LogP contribution in [0.15, 0.2) is 27.6 Å². The van der Waals surface area contributed by atoms with E-state index in [2.05, 4.69) is 59.9 Å². The molecule has 0 saturated carbocycles. The second-order valence-electron chi connectivity index (χ2n) is 4.30. The van der Waals surface area contributed by atoms with E-state index in [-0.39, 0.29) is 0 Å². The van der Waals surface area contributed by atoms with E-state index < -0.39 is 0 Å². The zero-order valence-corrected chi connectivity index (χ0v) is 11.1. The molecule has 0 bridgehead atoms. The summed E-state index contributed by atoms with van der Waals surface area (Å²) in [5, 5.41) is 0. The molecule has 3 heteroatoms. The number of hydrogen-bond acceptors (Lipinski definition) is 2. The number of anilines is 1. The third kappa shape index (κ3) is 1.80. The Morgan fingerprint density at radius 1 is 1.43 bits per heavy atom. The van der Waals surface area contributed by atoms with Gasteiger partial charge in [-0.25, -0.2) is 0 Å². The third-order valence-electron chi connectivity index (χ3n) is 2.34. The van der Waals surface area contributed by atoms with Gasteiger partial charge < -0.3 is 4.90 Å². The number of hydrogen-bond donors (Lipinski definition) is 0. The second-order valence-corrected chi connectivity index (χ2v) is 6.91. The second kappa shape index (κ2) is 3.46. The summed E-state index contributed by atoms with van der Waals surface area (Å²) in [6.07, 6.45) is 0. The summed E-state index contributed by atoms with van der Waals surface area (Å²) in [6.45, 7) is 5.67. The number of rotatable bonds is 0. The minimum atomic E-state index is 0.308. The van der Waals surface area contributed by atoms with Gasteiger partial charge in [-0.3, -0.25) is 0 Å². The number of benzene rings is 1. The number of para-hydroxylation sites is 1. The Kier molecular flexibility index (Phi) is 2.56. The first-order valence-electron chi connectivity index (χ1n) is 4.68. The molecular weight excluding hydrogens is 258 g/mol. The molecule has 0 N–H and O–H groups in total. The Morgan fingerprint density at radius 2 is 2.14 bits per heavy atom. The maximum atomic E-state index is 3.60. The van der Waals surface area contributed by atoms with Gasteiger partial charge in [-0.05, 0) is 41.9 Å². The molecule has 1 aromatic rings. The molecular formula is C11H14BrNS. The minimum Gasteiger partial charge on any atom is -0.371 e. The molecule has 2 rings (SSSR count). The zero-order valence-electron chi connectivity index (χ0n) is 8.67. The molecule has 0 aromatic heterocycles. The fraction of sp³-hybridized carbons (Fsp3) is 0.455. The molecule has 0 unspecified atom stereocenters. The highest BCUT2D eigenvalue weighted by atomic mass is 79.9. The molecule has 0 radical (unpaired) electrons. The maximum absolute atomic E-state index is 3.60. The lowest BCUT2D eigenvalue weighted by Gasteiger charge is -2.38. The van der Waals surface area contributed by atoms with Crippen LogP contribution in [0.5, 0.6) is 0 Å². The first-order valence-corrected chi connectivity index (χ1v) is 6.29. The van der Waals surface area contributed by atoms with E-state index in [9.17, 15) is 0 Å². The number of fused-ring (bicyclic) bond motifs is 1. The molecule has 0 amide bonds. The van der Waals surface area contributed by atoms with E-state index in [0.717, 1.165) is 6.54 Å². The molecule has 0 spiro atoms. The van der Waals surface area contributed by atoms with Crippen molar-refractivity contribution in [3.05, 3.63) is 22.7 Å². The Hall–Kier alpha value is -0.150. The smallest absolute Gasteiger partial charge is 0.0646 e. The van der Waals surface area contributed by atoms with Crippen molar-refractivity contribution >= 4 is 33.4 Å². The van der Waals surface area contributed by atoms with Crippen molar-refractivity contribution in [1.29, 1.82) is 0 Å². The molecule has 1 aromatic carbocycles. The molecule has 1 aliphatic heterocycles. The van der Waals surface area contributed by atoms with Crippen LogP contribution in [0.2, 0.25) is 0 Å². The van der Waals surface area contributed by atoms with Crippen molar-refractivity contribution in [2.45, 2.75) is 23.5 Å². The van der Waals surface area contributed by atoms with Crippen molar-refractivity contribution in [2.24, 2.45) is 0 Å². The van der Waals surface area contributed by atoms with Gasteiger partial charge in [0.15, 0.2) is 0 Å². The first kappa shape index (κ1) is 10.4. The van der Waals surface area contributed by atoms with Gasteiger partial charge in [0, 0.05) is 27.7 Å². The summed E-state index contributed by atoms with van der Waals surface area (Å²) < 4.78 is 1.50. The van der Waals surface area contributed by atoms with E-state index in [0.29, 0.717) is 4.75 Å². The molecule has 0 aliphatic carbocycles. The summed E-state index contributed by atoms with van der Waals surface area (Å²) in [7, 11) is 2.16. The standard InChI is InChI=1S/C11H14BrNS/c1-11(2)7-13(3)10-8(12)5-4-6-9(10)14-11/h4-6H,7H2,1-3H3. The van der Waals surface area contributed by atoms with E-state index in [1.807, 2.05) is 11.8 Å². The van der Waals surface area contributed by atoms with Gasteiger partial charge in [0.2, 0.25) is 0 Å². The molecule has 1 nitrogen and oxygen atoms in total. The lowest BCUT2D eigenvalue weighted by atomic mass is 10.1. The molecule has 0 atom stereocenters. The fourth-order valence-electron chi connectivity index (χ4n) is 1.93. The topological polar surface area (TPSA) is 3.24 Å². The Balaban J connectivity index is 2.50. The fourth-order valence-corrected chi connectivity index (χ4v) is 4.09. The van der Waals surface area contributed by atoms with Crippen LogP contribution in [0.1, 0.15) is 13.8 Å². The summed E-state index contributed by atoms with van der Waals surface area (Å²) in [5.41, 5.74) is 1.33. The van der Waals surface area contributed by atoms with Crippen LogP contribution >= 0.6 is 27.7 Å². The highest BCUT2D eigenvalue weighted by molar-refractivity contribution is 9.10. The van der Waals surface area contributed by atoms with Crippen molar-refractivity contribution in [3.63, 3.8) is 0 Å². The normalized spacial score (nSPS) is 19.3. The number of thioether (sulfide) groups is 1. The van der Waals surface area contributed by atoms with Gasteiger partial charge in [0.1, 0.15) is 0 Å². The third-order valence-corrected chi connectivity index (χ3v) is 4.21. The molecule has 76 valence electrons. The number of nitrogens with zero attached hydrogens (tertiary/aromatic N) is 1. The minimum absolute atomic E-state index is 0.308. The highest BCUT2D eigenvalue weighted by Crippen LogP contribution is 2.46. The van der Waals surface area contributed by atoms with Crippen LogP contribution in [-0.2, 0) is 0 Å². The molecule has 0 saturated heterocycles. The Morgan fingerprint density at radius 3 is 2.86 bits per heavy atom. The van der Waals surface area contributed by atoms with Crippen LogP contribution in [0.4, 0.5) is 5.69 Å². The van der Waals surface area contributed by atoms with E-state index in [4.69, 9.17) is 0 Å². The summed E-state index contributed by atoms with van der Waals surface area (Å²) in [5.74, 6) is 0.